The van der Waals surface area contributed by atoms with Crippen molar-refractivity contribution < 1.29 is 9.18 Å². The molecule has 0 unspecified atom stereocenters. The van der Waals surface area contributed by atoms with Crippen LogP contribution >= 0.6 is 11.8 Å². The lowest BCUT2D eigenvalue weighted by molar-refractivity contribution is -0.120. The zero-order chi connectivity index (χ0) is 15.4. The van der Waals surface area contributed by atoms with E-state index in [9.17, 15) is 9.18 Å². The number of thioether (sulfide) groups is 1. The Morgan fingerprint density at radius 3 is 2.57 bits per heavy atom. The second kappa shape index (κ2) is 6.71. The first-order valence-electron chi connectivity index (χ1n) is 6.54. The first-order valence-corrected chi connectivity index (χ1v) is 7.42. The molecule has 2 rings (SSSR count). The van der Waals surface area contributed by atoms with Crippen LogP contribution in [0.25, 0.3) is 0 Å². The molecule has 112 valence electrons. The first kappa shape index (κ1) is 15.5. The van der Waals surface area contributed by atoms with E-state index in [0.717, 1.165) is 5.56 Å². The van der Waals surface area contributed by atoms with Gasteiger partial charge in [0.25, 0.3) is 0 Å². The van der Waals surface area contributed by atoms with Crippen LogP contribution in [0.3, 0.4) is 0 Å². The third-order valence-corrected chi connectivity index (χ3v) is 4.20. The van der Waals surface area contributed by atoms with Crippen LogP contribution in [0.1, 0.15) is 25.5 Å². The molecule has 21 heavy (non-hydrogen) atoms. The molecule has 1 amide bonds. The van der Waals surface area contributed by atoms with Gasteiger partial charge in [0.1, 0.15) is 12.1 Å². The van der Waals surface area contributed by atoms with Gasteiger partial charge in [0.2, 0.25) is 5.91 Å². The Morgan fingerprint density at radius 2 is 2.00 bits per heavy atom. The molecular formula is C14H17FN4OS. The van der Waals surface area contributed by atoms with Gasteiger partial charge < -0.3 is 9.88 Å². The molecule has 0 aliphatic rings. The highest BCUT2D eigenvalue weighted by Gasteiger charge is 2.19. The summed E-state index contributed by atoms with van der Waals surface area (Å²) in [6, 6.07) is 5.92. The summed E-state index contributed by atoms with van der Waals surface area (Å²) in [5, 5.41) is 11.0. The number of rotatable bonds is 5. The second-order valence-corrected chi connectivity index (χ2v) is 6.07. The van der Waals surface area contributed by atoms with Gasteiger partial charge in [-0.05, 0) is 31.5 Å². The van der Waals surface area contributed by atoms with Gasteiger partial charge in [-0.1, -0.05) is 23.9 Å². The first-order chi connectivity index (χ1) is 9.97. The van der Waals surface area contributed by atoms with Gasteiger partial charge in [-0.25, -0.2) is 4.39 Å². The van der Waals surface area contributed by atoms with Crippen molar-refractivity contribution in [2.45, 2.75) is 30.3 Å². The van der Waals surface area contributed by atoms with Crippen molar-refractivity contribution in [3.8, 4) is 0 Å². The van der Waals surface area contributed by atoms with Crippen LogP contribution in [-0.4, -0.2) is 25.9 Å². The molecule has 0 aliphatic carbocycles. The number of aryl methyl sites for hydroxylation is 1. The van der Waals surface area contributed by atoms with E-state index in [2.05, 4.69) is 15.5 Å². The number of halogens is 1. The van der Waals surface area contributed by atoms with Crippen molar-refractivity contribution in [1.82, 2.24) is 20.1 Å². The monoisotopic (exact) mass is 308 g/mol. The Hall–Kier alpha value is -1.89. The molecule has 0 aliphatic heterocycles. The lowest BCUT2D eigenvalue weighted by Gasteiger charge is -2.17. The van der Waals surface area contributed by atoms with E-state index >= 15 is 0 Å². The molecule has 0 bridgehead atoms. The zero-order valence-corrected chi connectivity index (χ0v) is 12.9. The molecule has 0 saturated heterocycles. The summed E-state index contributed by atoms with van der Waals surface area (Å²) in [5.41, 5.74) is 0.862. The summed E-state index contributed by atoms with van der Waals surface area (Å²) in [5.74, 6) is -0.386. The highest BCUT2D eigenvalue weighted by atomic mass is 32.2. The Kier molecular flexibility index (Phi) is 4.95. The average Bonchev–Trinajstić information content (AvgIpc) is 2.84. The third-order valence-electron chi connectivity index (χ3n) is 3.05. The van der Waals surface area contributed by atoms with Gasteiger partial charge >= 0.3 is 0 Å². The van der Waals surface area contributed by atoms with E-state index in [0.29, 0.717) is 5.16 Å². The molecule has 2 aromatic rings. The number of carbonyl (C=O) groups is 1. The third kappa shape index (κ3) is 4.04. The van der Waals surface area contributed by atoms with Gasteiger partial charge in [0, 0.05) is 7.05 Å². The van der Waals surface area contributed by atoms with Crippen LogP contribution < -0.4 is 5.32 Å². The van der Waals surface area contributed by atoms with Gasteiger partial charge in [0.15, 0.2) is 5.16 Å². The van der Waals surface area contributed by atoms with Crippen molar-refractivity contribution in [2.75, 3.05) is 0 Å². The quantitative estimate of drug-likeness (QED) is 0.861. The molecular weight excluding hydrogens is 291 g/mol. The van der Waals surface area contributed by atoms with Crippen molar-refractivity contribution >= 4 is 17.7 Å². The molecule has 1 N–H and O–H groups in total. The standard InChI is InChI=1S/C14H17FN4OS/c1-9(11-4-6-12(15)7-5-11)17-13(20)10(2)21-14-18-16-8-19(14)3/h4-10H,1-3H3,(H,17,20)/t9-,10+/m1/s1. The summed E-state index contributed by atoms with van der Waals surface area (Å²) < 4.78 is 14.6. The molecule has 1 aromatic carbocycles. The fraction of sp³-hybridized carbons (Fsp3) is 0.357. The largest absolute Gasteiger partial charge is 0.349 e. The van der Waals surface area contributed by atoms with Crippen LogP contribution in [0.2, 0.25) is 0 Å². The van der Waals surface area contributed by atoms with Crippen LogP contribution in [-0.2, 0) is 11.8 Å². The minimum atomic E-state index is -0.296. The molecule has 1 aromatic heterocycles. The number of nitrogens with zero attached hydrogens (tertiary/aromatic N) is 3. The van der Waals surface area contributed by atoms with Gasteiger partial charge in [-0.2, -0.15) is 0 Å². The van der Waals surface area contributed by atoms with Gasteiger partial charge in [0.05, 0.1) is 11.3 Å². The summed E-state index contributed by atoms with van der Waals surface area (Å²) in [4.78, 5) is 12.2. The number of carbonyl (C=O) groups excluding carboxylic acids is 1. The maximum Gasteiger partial charge on any atom is 0.233 e. The normalized spacial score (nSPS) is 13.7. The summed E-state index contributed by atoms with van der Waals surface area (Å²) in [6.07, 6.45) is 1.59. The van der Waals surface area contributed by atoms with Crippen LogP contribution in [0.4, 0.5) is 4.39 Å². The number of amides is 1. The Bertz CT molecular complexity index is 614. The molecule has 0 saturated carbocycles. The Balaban J connectivity index is 1.94. The molecule has 5 nitrogen and oxygen atoms in total. The van der Waals surface area contributed by atoms with Crippen molar-refractivity contribution in [2.24, 2.45) is 7.05 Å². The smallest absolute Gasteiger partial charge is 0.233 e. The highest BCUT2D eigenvalue weighted by Crippen LogP contribution is 2.21. The van der Waals surface area contributed by atoms with E-state index in [-0.39, 0.29) is 23.0 Å². The Morgan fingerprint density at radius 1 is 1.33 bits per heavy atom. The van der Waals surface area contributed by atoms with Gasteiger partial charge in [-0.3, -0.25) is 4.79 Å². The van der Waals surface area contributed by atoms with Crippen molar-refractivity contribution in [1.29, 1.82) is 0 Å². The second-order valence-electron chi connectivity index (χ2n) is 4.77. The maximum absolute atomic E-state index is 12.9. The van der Waals surface area contributed by atoms with E-state index in [1.54, 1.807) is 23.0 Å². The van der Waals surface area contributed by atoms with Crippen LogP contribution in [0, 0.1) is 5.82 Å². The van der Waals surface area contributed by atoms with E-state index in [1.807, 2.05) is 20.9 Å². The minimum Gasteiger partial charge on any atom is -0.349 e. The molecule has 1 heterocycles. The summed E-state index contributed by atoms with van der Waals surface area (Å²) in [7, 11) is 1.83. The molecule has 2 atom stereocenters. The molecule has 0 radical (unpaired) electrons. The van der Waals surface area contributed by atoms with Crippen molar-refractivity contribution in [3.05, 3.63) is 42.0 Å². The highest BCUT2D eigenvalue weighted by molar-refractivity contribution is 8.00. The summed E-state index contributed by atoms with van der Waals surface area (Å²) >= 11 is 1.34. The number of benzene rings is 1. The van der Waals surface area contributed by atoms with Crippen LogP contribution in [0.15, 0.2) is 35.7 Å². The van der Waals surface area contributed by atoms with E-state index < -0.39 is 0 Å². The van der Waals surface area contributed by atoms with E-state index in [4.69, 9.17) is 0 Å². The average molecular weight is 308 g/mol. The summed E-state index contributed by atoms with van der Waals surface area (Å²) in [6.45, 7) is 3.68. The fourth-order valence-corrected chi connectivity index (χ4v) is 2.56. The molecule has 0 spiro atoms. The Labute approximate surface area is 127 Å². The number of aromatic nitrogens is 3. The SMILES string of the molecule is C[C@H](Sc1nncn1C)C(=O)N[C@H](C)c1ccc(F)cc1. The van der Waals surface area contributed by atoms with E-state index in [1.165, 1.54) is 23.9 Å². The lowest BCUT2D eigenvalue weighted by Crippen LogP contribution is -2.33. The number of hydrogen-bond donors (Lipinski definition) is 1. The maximum atomic E-state index is 12.9. The number of nitrogens with one attached hydrogen (secondary N) is 1. The van der Waals surface area contributed by atoms with Crippen LogP contribution in [0.5, 0.6) is 0 Å². The topological polar surface area (TPSA) is 59.8 Å². The number of hydrogen-bond acceptors (Lipinski definition) is 4. The fourth-order valence-electron chi connectivity index (χ4n) is 1.76. The minimum absolute atomic E-state index is 0.0974. The molecule has 0 fully saturated rings. The predicted octanol–water partition coefficient (Wildman–Crippen LogP) is 2.31. The molecule has 7 heteroatoms. The zero-order valence-electron chi connectivity index (χ0n) is 12.1. The lowest BCUT2D eigenvalue weighted by atomic mass is 10.1. The van der Waals surface area contributed by atoms with Gasteiger partial charge in [-0.15, -0.1) is 10.2 Å². The predicted molar refractivity (Wildman–Crippen MR) is 79.3 cm³/mol. The van der Waals surface area contributed by atoms with Crippen molar-refractivity contribution in [3.63, 3.8) is 0 Å².